The highest BCUT2D eigenvalue weighted by atomic mass is 32.2. The quantitative estimate of drug-likeness (QED) is 0.0635. The third kappa shape index (κ3) is 20.7. The molecule has 460 valence electrons. The summed E-state index contributed by atoms with van der Waals surface area (Å²) in [6.45, 7) is 52.1. The van der Waals surface area contributed by atoms with Gasteiger partial charge in [-0.25, -0.2) is 9.52 Å². The highest BCUT2D eigenvalue weighted by Gasteiger charge is 2.37. The summed E-state index contributed by atoms with van der Waals surface area (Å²) in [6.07, 6.45) is 0.654. The summed E-state index contributed by atoms with van der Waals surface area (Å²) in [7, 11) is -2.29. The fourth-order valence-corrected chi connectivity index (χ4v) is 10.7. The Bertz CT molecular complexity index is 2730. The number of allylic oxidation sites excluding steroid dienone is 10. The van der Waals surface area contributed by atoms with Crippen molar-refractivity contribution >= 4 is 79.7 Å². The summed E-state index contributed by atoms with van der Waals surface area (Å²) in [4.78, 5) is 104. The Hall–Kier alpha value is -7.04. The van der Waals surface area contributed by atoms with Crippen LogP contribution < -0.4 is 26.8 Å². The molecule has 0 bridgehead atoms. The molecule has 1 amide bonds. The van der Waals surface area contributed by atoms with E-state index in [0.717, 1.165) is 15.5 Å². The molecule has 4 saturated heterocycles. The van der Waals surface area contributed by atoms with Crippen molar-refractivity contribution in [3.8, 4) is 0 Å². The standard InChI is InChI=1S/C8H12N2O.C8H11NO2.C8H11NO.C8H12O2.C8H10O2.C8H12OS.C7H13NO2S.C6H9NO3/c1-4(2)10-7-6(9)5(3)8(7)11;1-4(2)9-6-7(10)5(3)8(6)11;1-4(2)6-7(9)5(3)8(6)10;1-5(2)8-7(9)4-6(3)10-8;1-4(2)6-7(9)5(3)8(6)10;1-5(2)8-7(9)4-6(3)10-8;1-5(2)7-6(9)4-11(3,10)8-7;1-4(2)7-5(8)3-6(9)10-7/h4,10H,3,9H2,1-2H3;4,9-10H,3H2,1-2H3;4H,3,9H2,1-2H3;5,8H,3-4H2,1-2H3;4,9H,3H2,1-2H3;5,8H,3-4H2,1-2H3;5,7H,3-4H2,1-2H3,(H,8,10);4H,3H2,1-2H3. The molecular formula is C61H90N6O14S2. The van der Waals surface area contributed by atoms with Crippen LogP contribution >= 0.6 is 11.8 Å². The Morgan fingerprint density at radius 2 is 1.06 bits per heavy atom. The van der Waals surface area contributed by atoms with Gasteiger partial charge < -0.3 is 41.9 Å². The van der Waals surface area contributed by atoms with E-state index in [0.29, 0.717) is 69.8 Å². The number of aliphatic hydroxyl groups is 2. The molecule has 0 aromatic carbocycles. The summed E-state index contributed by atoms with van der Waals surface area (Å²) in [6, 6.07) is 0.0868. The SMILES string of the molecule is C=C1C(=O)C(C(C)C)=C1N.C=C1C(=O)C(C(C)C)=C1O.C=C1C(=O)C(NC(C)C)=C1N.C=C1C(=O)C(NC(C)C)=C1O.C=C1CC(=O)C(C(C)C)O1.C=C1CC(=O)C(C(C)C)S1.C=S1(=O)CC(=O)C(C(C)C)N1.CC(C)N1OC(=O)CC1=O. The average Bonchev–Trinajstić information content (AvgIpc) is 4.35. The first-order valence-corrected chi connectivity index (χ1v) is 30.0. The van der Waals surface area contributed by atoms with Crippen molar-refractivity contribution in [3.05, 3.63) is 118 Å². The molecule has 4 atom stereocenters. The molecule has 22 heteroatoms. The number of thioether (sulfide) groups is 1. The van der Waals surface area contributed by atoms with Crippen LogP contribution in [0, 0.1) is 29.6 Å². The molecule has 20 nitrogen and oxygen atoms in total. The van der Waals surface area contributed by atoms with Gasteiger partial charge in [0.15, 0.2) is 40.8 Å². The van der Waals surface area contributed by atoms with Gasteiger partial charge in [-0.2, -0.15) is 5.06 Å². The van der Waals surface area contributed by atoms with Gasteiger partial charge in [-0.05, 0) is 81.9 Å². The molecule has 0 radical (unpaired) electrons. The Morgan fingerprint density at radius 3 is 1.30 bits per heavy atom. The van der Waals surface area contributed by atoms with Gasteiger partial charge in [0.1, 0.15) is 23.6 Å². The Kier molecular flexibility index (Phi) is 28.1. The maximum Gasteiger partial charge on any atom is 0.342 e. The van der Waals surface area contributed by atoms with E-state index in [2.05, 4.69) is 79.4 Å². The number of carbonyl (C=O) groups excluding carboxylic acids is 9. The minimum atomic E-state index is -2.29. The number of rotatable bonds is 10. The molecule has 0 aromatic heterocycles. The van der Waals surface area contributed by atoms with Crippen LogP contribution in [-0.4, -0.2) is 119 Å². The molecule has 8 rings (SSSR count). The predicted octanol–water partition coefficient (Wildman–Crippen LogP) is 7.42. The van der Waals surface area contributed by atoms with E-state index in [1.165, 1.54) is 0 Å². The minimum Gasteiger partial charge on any atom is -0.507 e. The second kappa shape index (κ2) is 31.6. The van der Waals surface area contributed by atoms with Crippen molar-refractivity contribution in [3.63, 3.8) is 0 Å². The number of carbonyl (C=O) groups is 9. The normalized spacial score (nSPS) is 22.6. The molecule has 8 aliphatic rings. The number of hydroxylamine groups is 2. The zero-order valence-corrected chi connectivity index (χ0v) is 53.0. The van der Waals surface area contributed by atoms with E-state index in [-0.39, 0.29) is 135 Å². The topological polar surface area (TPSA) is 321 Å². The number of nitrogens with one attached hydrogen (secondary N) is 3. The maximum atomic E-state index is 11.3. The van der Waals surface area contributed by atoms with Crippen LogP contribution in [0.25, 0.3) is 0 Å². The second-order valence-electron chi connectivity index (χ2n) is 22.9. The first kappa shape index (κ1) is 74.0. The van der Waals surface area contributed by atoms with Crippen molar-refractivity contribution in [1.29, 1.82) is 0 Å². The lowest BCUT2D eigenvalue weighted by Gasteiger charge is -2.24. The molecule has 4 aliphatic carbocycles. The molecule has 4 heterocycles. The van der Waals surface area contributed by atoms with Crippen LogP contribution in [0.4, 0.5) is 0 Å². The van der Waals surface area contributed by atoms with Crippen molar-refractivity contribution in [2.75, 3.05) is 5.75 Å². The lowest BCUT2D eigenvalue weighted by Crippen LogP contribution is -2.38. The lowest BCUT2D eigenvalue weighted by atomic mass is 9.81. The maximum absolute atomic E-state index is 11.3. The number of nitrogens with zero attached hydrogens (tertiary/aromatic N) is 1. The number of hydrogen-bond acceptors (Lipinski definition) is 19. The zero-order valence-electron chi connectivity index (χ0n) is 51.3. The Morgan fingerprint density at radius 1 is 0.590 bits per heavy atom. The minimum absolute atomic E-state index is 0.00343. The molecule has 4 fully saturated rings. The summed E-state index contributed by atoms with van der Waals surface area (Å²) >= 11 is 1.64. The number of nitrogens with two attached hydrogens (primary N) is 2. The van der Waals surface area contributed by atoms with E-state index in [1.807, 2.05) is 83.1 Å². The van der Waals surface area contributed by atoms with Gasteiger partial charge >= 0.3 is 5.97 Å². The van der Waals surface area contributed by atoms with Crippen LogP contribution in [-0.2, 0) is 62.4 Å². The van der Waals surface area contributed by atoms with E-state index in [9.17, 15) is 47.4 Å². The zero-order chi connectivity index (χ0) is 64.8. The van der Waals surface area contributed by atoms with Gasteiger partial charge in [0, 0.05) is 56.2 Å². The van der Waals surface area contributed by atoms with E-state index in [1.54, 1.807) is 25.6 Å². The number of ether oxygens (including phenoxy) is 1. The fraction of sp³-hybridized carbons (Fsp3) is 0.508. The number of Topliss-reactive ketones (excluding diaryl/α,β-unsaturated/α-hetero) is 7. The van der Waals surface area contributed by atoms with Gasteiger partial charge in [-0.3, -0.25) is 42.6 Å². The molecule has 0 saturated carbocycles. The highest BCUT2D eigenvalue weighted by Crippen LogP contribution is 2.37. The fourth-order valence-electron chi connectivity index (χ4n) is 8.02. The lowest BCUT2D eigenvalue weighted by molar-refractivity contribution is -0.184. The van der Waals surface area contributed by atoms with Crippen LogP contribution in [0.3, 0.4) is 0 Å². The first-order chi connectivity index (χ1) is 37.9. The molecule has 4 unspecified atom stereocenters. The van der Waals surface area contributed by atoms with Crippen LogP contribution in [0.1, 0.15) is 130 Å². The third-order valence-corrected chi connectivity index (χ3v) is 15.4. The van der Waals surface area contributed by atoms with Gasteiger partial charge in [-0.1, -0.05) is 109 Å². The van der Waals surface area contributed by atoms with Crippen LogP contribution in [0.2, 0.25) is 0 Å². The number of aliphatic hydroxyl groups excluding tert-OH is 2. The van der Waals surface area contributed by atoms with E-state index in [4.69, 9.17) is 26.4 Å². The predicted molar refractivity (Wildman–Crippen MR) is 328 cm³/mol. The third-order valence-electron chi connectivity index (χ3n) is 12.5. The smallest absolute Gasteiger partial charge is 0.342 e. The summed E-state index contributed by atoms with van der Waals surface area (Å²) in [5.74, 6) is 5.07. The molecule has 9 N–H and O–H groups in total. The molecule has 0 aromatic rings. The monoisotopic (exact) mass is 1190 g/mol. The summed E-state index contributed by atoms with van der Waals surface area (Å²) in [5, 5.41) is 25.2. The molecule has 0 spiro atoms. The Labute approximate surface area is 495 Å². The van der Waals surface area contributed by atoms with Gasteiger partial charge in [0.2, 0.25) is 11.6 Å². The number of ketones is 7. The largest absolute Gasteiger partial charge is 0.507 e. The molecule has 83 heavy (non-hydrogen) atoms. The van der Waals surface area contributed by atoms with Gasteiger partial charge in [0.05, 0.1) is 52.1 Å². The average molecular weight is 1200 g/mol. The second-order valence-corrected chi connectivity index (χ2v) is 26.4. The Balaban J connectivity index is 0.000000474. The van der Waals surface area contributed by atoms with Gasteiger partial charge in [-0.15, -0.1) is 11.8 Å². The van der Waals surface area contributed by atoms with Crippen molar-refractivity contribution in [1.82, 2.24) is 20.4 Å². The van der Waals surface area contributed by atoms with Crippen molar-refractivity contribution < 1.29 is 67.1 Å². The number of hydrogen-bond donors (Lipinski definition) is 7. The van der Waals surface area contributed by atoms with Crippen LogP contribution in [0.5, 0.6) is 0 Å². The van der Waals surface area contributed by atoms with Crippen molar-refractivity contribution in [2.24, 2.45) is 41.1 Å². The van der Waals surface area contributed by atoms with Crippen molar-refractivity contribution in [2.45, 2.75) is 166 Å². The molecule has 4 aliphatic heterocycles. The van der Waals surface area contributed by atoms with Crippen LogP contribution in [0.15, 0.2) is 118 Å². The molecular weight excluding hydrogens is 1100 g/mol. The summed E-state index contributed by atoms with van der Waals surface area (Å²) < 4.78 is 19.2. The highest BCUT2D eigenvalue weighted by molar-refractivity contribution is 8.04. The van der Waals surface area contributed by atoms with E-state index < -0.39 is 15.7 Å². The van der Waals surface area contributed by atoms with E-state index >= 15 is 0 Å². The first-order valence-electron chi connectivity index (χ1n) is 27.2. The number of amides is 1. The summed E-state index contributed by atoms with van der Waals surface area (Å²) in [5.41, 5.74) is 15.5. The van der Waals surface area contributed by atoms with Gasteiger partial charge in [0.25, 0.3) is 5.91 Å².